The van der Waals surface area contributed by atoms with Crippen molar-refractivity contribution in [3.8, 4) is 11.5 Å². The first-order valence-corrected chi connectivity index (χ1v) is 8.80. The number of likely N-dealkylation sites (N-methyl/N-ethyl adjacent to an activating group) is 1. The lowest BCUT2D eigenvalue weighted by atomic mass is 10.2. The molecule has 2 aliphatic heterocycles. The van der Waals surface area contributed by atoms with E-state index in [1.807, 2.05) is 23.1 Å². The predicted octanol–water partition coefficient (Wildman–Crippen LogP) is 2.33. The third-order valence-corrected chi connectivity index (χ3v) is 5.46. The van der Waals surface area contributed by atoms with Gasteiger partial charge < -0.3 is 19.3 Å². The molecule has 1 atom stereocenters. The Hall–Kier alpha value is -1.40. The van der Waals surface area contributed by atoms with E-state index < -0.39 is 0 Å². The number of hydrogen-bond donors (Lipinski definition) is 0. The molecular formula is C16H22N2O3S. The zero-order chi connectivity index (χ0) is 15.5. The van der Waals surface area contributed by atoms with Crippen LogP contribution < -0.4 is 9.47 Å². The molecule has 0 spiro atoms. The van der Waals surface area contributed by atoms with E-state index in [-0.39, 0.29) is 18.1 Å². The van der Waals surface area contributed by atoms with Crippen LogP contribution in [0.15, 0.2) is 18.2 Å². The van der Waals surface area contributed by atoms with E-state index in [1.54, 1.807) is 11.8 Å². The number of amides is 1. The summed E-state index contributed by atoms with van der Waals surface area (Å²) in [5, 5.41) is 0.0811. The van der Waals surface area contributed by atoms with Crippen molar-refractivity contribution in [1.82, 2.24) is 9.80 Å². The summed E-state index contributed by atoms with van der Waals surface area (Å²) in [4.78, 5) is 16.5. The molecule has 0 saturated carbocycles. The number of benzene rings is 1. The minimum absolute atomic E-state index is 0.0811. The highest BCUT2D eigenvalue weighted by Crippen LogP contribution is 2.42. The quantitative estimate of drug-likeness (QED) is 0.804. The molecule has 0 aliphatic carbocycles. The van der Waals surface area contributed by atoms with Gasteiger partial charge in [0.05, 0.1) is 5.75 Å². The number of ether oxygens (including phenoxy) is 2. The van der Waals surface area contributed by atoms with Crippen molar-refractivity contribution in [3.63, 3.8) is 0 Å². The van der Waals surface area contributed by atoms with Gasteiger partial charge in [-0.15, -0.1) is 11.8 Å². The minimum Gasteiger partial charge on any atom is -0.454 e. The van der Waals surface area contributed by atoms with Gasteiger partial charge in [0, 0.05) is 13.1 Å². The second kappa shape index (κ2) is 6.79. The van der Waals surface area contributed by atoms with E-state index >= 15 is 0 Å². The Labute approximate surface area is 135 Å². The standard InChI is InChI=1S/C16H22N2O3S/c1-3-17(4-2)7-8-18-15(19)10-22-16(18)12-5-6-13-14(9-12)21-11-20-13/h5-6,9,16H,3-4,7-8,10-11H2,1-2H3. The fourth-order valence-electron chi connectivity index (χ4n) is 2.83. The summed E-state index contributed by atoms with van der Waals surface area (Å²) in [6, 6.07) is 5.97. The van der Waals surface area contributed by atoms with E-state index in [9.17, 15) is 4.79 Å². The summed E-state index contributed by atoms with van der Waals surface area (Å²) in [7, 11) is 0. The van der Waals surface area contributed by atoms with Crippen LogP contribution in [0.3, 0.4) is 0 Å². The van der Waals surface area contributed by atoms with E-state index in [0.717, 1.165) is 43.2 Å². The SMILES string of the molecule is CCN(CC)CCN1C(=O)CSC1c1ccc2c(c1)OCO2. The lowest BCUT2D eigenvalue weighted by Gasteiger charge is -2.27. The van der Waals surface area contributed by atoms with Gasteiger partial charge in [0.1, 0.15) is 5.37 Å². The third-order valence-electron chi connectivity index (χ3n) is 4.20. The second-order valence-corrected chi connectivity index (χ2v) is 6.46. The van der Waals surface area contributed by atoms with Gasteiger partial charge in [-0.2, -0.15) is 0 Å². The fraction of sp³-hybridized carbons (Fsp3) is 0.562. The maximum absolute atomic E-state index is 12.2. The van der Waals surface area contributed by atoms with E-state index in [1.165, 1.54) is 0 Å². The fourth-order valence-corrected chi connectivity index (χ4v) is 4.04. The van der Waals surface area contributed by atoms with Gasteiger partial charge in [-0.1, -0.05) is 19.9 Å². The summed E-state index contributed by atoms with van der Waals surface area (Å²) in [5.74, 6) is 2.34. The maximum atomic E-state index is 12.2. The van der Waals surface area contributed by atoms with Crippen molar-refractivity contribution in [1.29, 1.82) is 0 Å². The molecule has 3 rings (SSSR count). The molecule has 1 aromatic rings. The van der Waals surface area contributed by atoms with Crippen LogP contribution in [0.1, 0.15) is 24.8 Å². The molecule has 6 heteroatoms. The Kier molecular flexibility index (Phi) is 4.78. The number of hydrogen-bond acceptors (Lipinski definition) is 5. The number of nitrogens with zero attached hydrogens (tertiary/aromatic N) is 2. The molecule has 1 amide bonds. The highest BCUT2D eigenvalue weighted by molar-refractivity contribution is 8.00. The van der Waals surface area contributed by atoms with Crippen molar-refractivity contribution in [2.45, 2.75) is 19.2 Å². The predicted molar refractivity (Wildman–Crippen MR) is 87.3 cm³/mol. The minimum atomic E-state index is 0.0811. The van der Waals surface area contributed by atoms with Crippen LogP contribution in [0.2, 0.25) is 0 Å². The molecule has 0 bridgehead atoms. The number of carbonyl (C=O) groups excluding carboxylic acids is 1. The van der Waals surface area contributed by atoms with Crippen molar-refractivity contribution in [2.24, 2.45) is 0 Å². The molecule has 1 saturated heterocycles. The van der Waals surface area contributed by atoms with E-state index in [2.05, 4.69) is 18.7 Å². The Balaban J connectivity index is 1.73. The first kappa shape index (κ1) is 15.5. The van der Waals surface area contributed by atoms with Gasteiger partial charge in [0.15, 0.2) is 11.5 Å². The van der Waals surface area contributed by atoms with Crippen LogP contribution in [-0.2, 0) is 4.79 Å². The Bertz CT molecular complexity index is 548. The smallest absolute Gasteiger partial charge is 0.233 e. The molecule has 2 aliphatic rings. The zero-order valence-electron chi connectivity index (χ0n) is 13.1. The first-order valence-electron chi connectivity index (χ1n) is 7.76. The molecule has 120 valence electrons. The van der Waals surface area contributed by atoms with E-state index in [4.69, 9.17) is 9.47 Å². The molecule has 1 aromatic carbocycles. The lowest BCUT2D eigenvalue weighted by molar-refractivity contribution is -0.128. The molecule has 1 unspecified atom stereocenters. The van der Waals surface area contributed by atoms with Gasteiger partial charge in [-0.05, 0) is 30.8 Å². The molecular weight excluding hydrogens is 300 g/mol. The number of rotatable bonds is 6. The second-order valence-electron chi connectivity index (χ2n) is 5.39. The van der Waals surface area contributed by atoms with Crippen LogP contribution in [0.4, 0.5) is 0 Å². The highest BCUT2D eigenvalue weighted by Gasteiger charge is 2.33. The molecule has 0 aromatic heterocycles. The summed E-state index contributed by atoms with van der Waals surface area (Å²) in [6.07, 6.45) is 0. The van der Waals surface area contributed by atoms with Crippen molar-refractivity contribution < 1.29 is 14.3 Å². The Morgan fingerprint density at radius 3 is 2.82 bits per heavy atom. The first-order chi connectivity index (χ1) is 10.7. The largest absolute Gasteiger partial charge is 0.454 e. The Morgan fingerprint density at radius 2 is 2.05 bits per heavy atom. The normalized spacial score (nSPS) is 20.2. The number of carbonyl (C=O) groups is 1. The van der Waals surface area contributed by atoms with Crippen molar-refractivity contribution in [2.75, 3.05) is 38.7 Å². The van der Waals surface area contributed by atoms with Gasteiger partial charge in [0.25, 0.3) is 0 Å². The average molecular weight is 322 g/mol. The van der Waals surface area contributed by atoms with Gasteiger partial charge in [-0.3, -0.25) is 4.79 Å². The van der Waals surface area contributed by atoms with Crippen molar-refractivity contribution in [3.05, 3.63) is 23.8 Å². The lowest BCUT2D eigenvalue weighted by Crippen LogP contribution is -2.37. The molecule has 5 nitrogen and oxygen atoms in total. The third kappa shape index (κ3) is 3.03. The van der Waals surface area contributed by atoms with Crippen LogP contribution in [0.5, 0.6) is 11.5 Å². The van der Waals surface area contributed by atoms with Gasteiger partial charge in [-0.25, -0.2) is 0 Å². The Morgan fingerprint density at radius 1 is 1.27 bits per heavy atom. The number of fused-ring (bicyclic) bond motifs is 1. The molecule has 0 radical (unpaired) electrons. The summed E-state index contributed by atoms with van der Waals surface area (Å²) >= 11 is 1.69. The highest BCUT2D eigenvalue weighted by atomic mass is 32.2. The molecule has 1 fully saturated rings. The van der Waals surface area contributed by atoms with E-state index in [0.29, 0.717) is 5.75 Å². The summed E-state index contributed by atoms with van der Waals surface area (Å²) < 4.78 is 10.8. The van der Waals surface area contributed by atoms with Crippen LogP contribution in [0.25, 0.3) is 0 Å². The topological polar surface area (TPSA) is 42.0 Å². The zero-order valence-corrected chi connectivity index (χ0v) is 13.9. The molecule has 2 heterocycles. The monoisotopic (exact) mass is 322 g/mol. The molecule has 0 N–H and O–H groups in total. The van der Waals surface area contributed by atoms with Crippen molar-refractivity contribution >= 4 is 17.7 Å². The van der Waals surface area contributed by atoms with Gasteiger partial charge >= 0.3 is 0 Å². The van der Waals surface area contributed by atoms with Crippen LogP contribution in [-0.4, -0.2) is 54.4 Å². The average Bonchev–Trinajstić information content (AvgIpc) is 3.14. The molecule has 22 heavy (non-hydrogen) atoms. The van der Waals surface area contributed by atoms with Crippen LogP contribution >= 0.6 is 11.8 Å². The number of thioether (sulfide) groups is 1. The summed E-state index contributed by atoms with van der Waals surface area (Å²) in [5.41, 5.74) is 1.11. The summed E-state index contributed by atoms with van der Waals surface area (Å²) in [6.45, 7) is 8.30. The van der Waals surface area contributed by atoms with Gasteiger partial charge in [0.2, 0.25) is 12.7 Å². The maximum Gasteiger partial charge on any atom is 0.233 e. The van der Waals surface area contributed by atoms with Crippen LogP contribution in [0, 0.1) is 0 Å².